The van der Waals surface area contributed by atoms with E-state index < -0.39 is 0 Å². The third-order valence-corrected chi connectivity index (χ3v) is 7.48. The fraction of sp³-hybridized carbons (Fsp3) is 0.444. The Balaban J connectivity index is 1.26. The zero-order chi connectivity index (χ0) is 23.7. The lowest BCUT2D eigenvalue weighted by Gasteiger charge is -2.37. The largest absolute Gasteiger partial charge is 0.339 e. The van der Waals surface area contributed by atoms with E-state index >= 15 is 0 Å². The van der Waals surface area contributed by atoms with Crippen molar-refractivity contribution in [2.24, 2.45) is 5.92 Å². The normalized spacial score (nSPS) is 17.4. The molecule has 0 spiro atoms. The molecule has 0 unspecified atom stereocenters. The van der Waals surface area contributed by atoms with Crippen LogP contribution >= 0.6 is 11.6 Å². The maximum atomic E-state index is 13.2. The van der Waals surface area contributed by atoms with Gasteiger partial charge in [-0.1, -0.05) is 43.0 Å². The molecule has 34 heavy (non-hydrogen) atoms. The summed E-state index contributed by atoms with van der Waals surface area (Å²) in [6, 6.07) is 13.6. The number of aryl methyl sites for hydroxylation is 1. The molecule has 2 heterocycles. The van der Waals surface area contributed by atoms with Crippen molar-refractivity contribution in [3.05, 3.63) is 64.4 Å². The Hall–Kier alpha value is -2.86. The van der Waals surface area contributed by atoms with E-state index in [2.05, 4.69) is 4.57 Å². The van der Waals surface area contributed by atoms with Crippen LogP contribution in [0, 0.1) is 12.8 Å². The average Bonchev–Trinajstić information content (AvgIpc) is 3.17. The summed E-state index contributed by atoms with van der Waals surface area (Å²) in [5.74, 6) is 1.38. The molecular weight excluding hydrogens is 448 g/mol. The molecule has 0 N–H and O–H groups in total. The molecule has 1 aliphatic carbocycles. The first-order valence-corrected chi connectivity index (χ1v) is 12.7. The van der Waals surface area contributed by atoms with Crippen molar-refractivity contribution >= 4 is 34.4 Å². The van der Waals surface area contributed by atoms with Crippen molar-refractivity contribution in [2.45, 2.75) is 45.6 Å². The van der Waals surface area contributed by atoms with Gasteiger partial charge in [0.15, 0.2) is 0 Å². The Kier molecular flexibility index (Phi) is 6.59. The predicted molar refractivity (Wildman–Crippen MR) is 134 cm³/mol. The molecule has 2 aromatic carbocycles. The highest BCUT2D eigenvalue weighted by Gasteiger charge is 2.30. The second-order valence-electron chi connectivity index (χ2n) is 9.53. The quantitative estimate of drug-likeness (QED) is 0.535. The number of imidazole rings is 1. The number of benzene rings is 2. The molecule has 1 aromatic heterocycles. The van der Waals surface area contributed by atoms with Crippen LogP contribution in [0.15, 0.2) is 42.5 Å². The molecule has 6 nitrogen and oxygen atoms in total. The van der Waals surface area contributed by atoms with E-state index in [4.69, 9.17) is 16.6 Å². The van der Waals surface area contributed by atoms with E-state index in [0.717, 1.165) is 48.1 Å². The highest BCUT2D eigenvalue weighted by molar-refractivity contribution is 6.30. The Morgan fingerprint density at radius 1 is 0.971 bits per heavy atom. The molecular formula is C27H31ClN4O2. The molecule has 0 atom stereocenters. The highest BCUT2D eigenvalue weighted by atomic mass is 35.5. The molecule has 1 saturated heterocycles. The number of carbonyl (C=O) groups is 2. The van der Waals surface area contributed by atoms with Crippen molar-refractivity contribution in [1.29, 1.82) is 0 Å². The minimum atomic E-state index is 0.00806. The Morgan fingerprint density at radius 2 is 1.71 bits per heavy atom. The second-order valence-corrected chi connectivity index (χ2v) is 9.97. The van der Waals surface area contributed by atoms with Gasteiger partial charge in [0.25, 0.3) is 5.91 Å². The smallest absolute Gasteiger partial charge is 0.254 e. The lowest BCUT2D eigenvalue weighted by molar-refractivity contribution is -0.138. The molecule has 0 bridgehead atoms. The van der Waals surface area contributed by atoms with Gasteiger partial charge in [-0.05, 0) is 55.7 Å². The van der Waals surface area contributed by atoms with Gasteiger partial charge in [0, 0.05) is 49.2 Å². The number of nitrogens with zero attached hydrogens (tertiary/aromatic N) is 4. The van der Waals surface area contributed by atoms with Crippen LogP contribution in [0.2, 0.25) is 5.02 Å². The molecule has 2 fully saturated rings. The fourth-order valence-electron chi connectivity index (χ4n) is 5.32. The van der Waals surface area contributed by atoms with E-state index in [-0.39, 0.29) is 17.7 Å². The summed E-state index contributed by atoms with van der Waals surface area (Å²) in [4.78, 5) is 34.6. The number of amides is 2. The summed E-state index contributed by atoms with van der Waals surface area (Å²) >= 11 is 6.15. The molecule has 178 valence electrons. The lowest BCUT2D eigenvalue weighted by atomic mass is 9.88. The SMILES string of the molecule is Cc1nc2cc(C(=O)N3CCN(C(=O)C4CCCCC4)CC3)ccc2n1Cc1cccc(Cl)c1. The molecule has 1 aliphatic heterocycles. The summed E-state index contributed by atoms with van der Waals surface area (Å²) in [5, 5.41) is 0.716. The number of aromatic nitrogens is 2. The number of carbonyl (C=O) groups excluding carboxylic acids is 2. The van der Waals surface area contributed by atoms with Gasteiger partial charge in [-0.3, -0.25) is 9.59 Å². The van der Waals surface area contributed by atoms with Crippen molar-refractivity contribution in [3.63, 3.8) is 0 Å². The number of fused-ring (bicyclic) bond motifs is 1. The third kappa shape index (κ3) is 4.69. The maximum absolute atomic E-state index is 13.2. The second kappa shape index (κ2) is 9.79. The van der Waals surface area contributed by atoms with Gasteiger partial charge in [0.1, 0.15) is 5.82 Å². The molecule has 7 heteroatoms. The van der Waals surface area contributed by atoms with Crippen LogP contribution in [-0.2, 0) is 11.3 Å². The standard InChI is InChI=1S/C27H31ClN4O2/c1-19-29-24-17-22(10-11-25(24)32(19)18-20-6-5-9-23(28)16-20)27(34)31-14-12-30(13-15-31)26(33)21-7-3-2-4-8-21/h5-6,9-11,16-17,21H,2-4,7-8,12-15,18H2,1H3. The van der Waals surface area contributed by atoms with Gasteiger partial charge >= 0.3 is 0 Å². The number of halogens is 1. The Labute approximate surface area is 205 Å². The average molecular weight is 479 g/mol. The lowest BCUT2D eigenvalue weighted by Crippen LogP contribution is -2.52. The van der Waals surface area contributed by atoms with Gasteiger partial charge < -0.3 is 14.4 Å². The summed E-state index contributed by atoms with van der Waals surface area (Å²) in [6.07, 6.45) is 5.59. The van der Waals surface area contributed by atoms with Crippen LogP contribution in [-0.4, -0.2) is 57.3 Å². The monoisotopic (exact) mass is 478 g/mol. The van der Waals surface area contributed by atoms with Gasteiger partial charge in [0.2, 0.25) is 5.91 Å². The van der Waals surface area contributed by atoms with E-state index in [1.54, 1.807) is 0 Å². The first kappa shape index (κ1) is 22.9. The summed E-state index contributed by atoms with van der Waals surface area (Å²) in [6.45, 7) is 5.06. The minimum absolute atomic E-state index is 0.00806. The van der Waals surface area contributed by atoms with Crippen molar-refractivity contribution in [3.8, 4) is 0 Å². The molecule has 2 aliphatic rings. The van der Waals surface area contributed by atoms with Gasteiger partial charge in [0.05, 0.1) is 11.0 Å². The predicted octanol–water partition coefficient (Wildman–Crippen LogP) is 4.91. The molecule has 0 radical (unpaired) electrons. The number of piperazine rings is 1. The van der Waals surface area contributed by atoms with Crippen LogP contribution < -0.4 is 0 Å². The van der Waals surface area contributed by atoms with Gasteiger partial charge in [-0.2, -0.15) is 0 Å². The molecule has 5 rings (SSSR count). The molecule has 2 amide bonds. The summed E-state index contributed by atoms with van der Waals surface area (Å²) in [7, 11) is 0. The zero-order valence-corrected chi connectivity index (χ0v) is 20.4. The van der Waals surface area contributed by atoms with Crippen LogP contribution in [0.4, 0.5) is 0 Å². The van der Waals surface area contributed by atoms with Crippen molar-refractivity contribution in [2.75, 3.05) is 26.2 Å². The van der Waals surface area contributed by atoms with Gasteiger partial charge in [-0.15, -0.1) is 0 Å². The van der Waals surface area contributed by atoms with Gasteiger partial charge in [-0.25, -0.2) is 4.98 Å². The van der Waals surface area contributed by atoms with Crippen LogP contribution in [0.25, 0.3) is 11.0 Å². The fourth-order valence-corrected chi connectivity index (χ4v) is 5.53. The first-order chi connectivity index (χ1) is 16.5. The van der Waals surface area contributed by atoms with Crippen LogP contribution in [0.1, 0.15) is 53.8 Å². The van der Waals surface area contributed by atoms with Crippen LogP contribution in [0.3, 0.4) is 0 Å². The van der Waals surface area contributed by atoms with E-state index in [0.29, 0.717) is 43.3 Å². The summed E-state index contributed by atoms with van der Waals surface area (Å²) < 4.78 is 2.14. The van der Waals surface area contributed by atoms with Crippen molar-refractivity contribution in [1.82, 2.24) is 19.4 Å². The Morgan fingerprint density at radius 3 is 2.44 bits per heavy atom. The highest BCUT2D eigenvalue weighted by Crippen LogP contribution is 2.26. The molecule has 1 saturated carbocycles. The number of hydrogen-bond donors (Lipinski definition) is 0. The third-order valence-electron chi connectivity index (χ3n) is 7.25. The van der Waals surface area contributed by atoms with E-state index in [9.17, 15) is 9.59 Å². The Bertz CT molecular complexity index is 1210. The zero-order valence-electron chi connectivity index (χ0n) is 19.7. The number of hydrogen-bond acceptors (Lipinski definition) is 3. The summed E-state index contributed by atoms with van der Waals surface area (Å²) in [5.41, 5.74) is 3.57. The topological polar surface area (TPSA) is 58.4 Å². The minimum Gasteiger partial charge on any atom is -0.339 e. The first-order valence-electron chi connectivity index (χ1n) is 12.3. The number of rotatable bonds is 4. The van der Waals surface area contributed by atoms with Crippen LogP contribution in [0.5, 0.6) is 0 Å². The molecule has 3 aromatic rings. The van der Waals surface area contributed by atoms with Crippen molar-refractivity contribution < 1.29 is 9.59 Å². The maximum Gasteiger partial charge on any atom is 0.254 e. The van der Waals surface area contributed by atoms with E-state index in [1.165, 1.54) is 6.42 Å². The van der Waals surface area contributed by atoms with E-state index in [1.807, 2.05) is 59.2 Å².